The molecule has 4 nitrogen and oxygen atoms in total. The Balaban J connectivity index is 1.73. The van der Waals surface area contributed by atoms with Gasteiger partial charge in [-0.1, -0.05) is 18.2 Å². The zero-order valence-corrected chi connectivity index (χ0v) is 12.0. The summed E-state index contributed by atoms with van der Waals surface area (Å²) in [4.78, 5) is 16.6. The van der Waals surface area contributed by atoms with Crippen molar-refractivity contribution >= 4 is 5.91 Å². The van der Waals surface area contributed by atoms with E-state index < -0.39 is 0 Å². The van der Waals surface area contributed by atoms with Crippen LogP contribution in [0.25, 0.3) is 0 Å². The summed E-state index contributed by atoms with van der Waals surface area (Å²) < 4.78 is 0. The molecule has 4 heteroatoms. The van der Waals surface area contributed by atoms with E-state index in [1.807, 2.05) is 35.2 Å². The molecule has 2 rings (SSSR count). The number of aliphatic hydroxyl groups is 1. The Morgan fingerprint density at radius 3 is 2.35 bits per heavy atom. The van der Waals surface area contributed by atoms with Crippen molar-refractivity contribution in [2.24, 2.45) is 0 Å². The van der Waals surface area contributed by atoms with Crippen molar-refractivity contribution in [1.82, 2.24) is 9.80 Å². The van der Waals surface area contributed by atoms with Crippen LogP contribution < -0.4 is 0 Å². The lowest BCUT2D eigenvalue weighted by Crippen LogP contribution is -2.48. The van der Waals surface area contributed by atoms with Crippen molar-refractivity contribution in [3.63, 3.8) is 0 Å². The van der Waals surface area contributed by atoms with E-state index in [1.54, 1.807) is 0 Å². The first kappa shape index (κ1) is 15.0. The van der Waals surface area contributed by atoms with Gasteiger partial charge in [-0.25, -0.2) is 0 Å². The summed E-state index contributed by atoms with van der Waals surface area (Å²) in [7, 11) is 0. The van der Waals surface area contributed by atoms with Crippen molar-refractivity contribution in [1.29, 1.82) is 0 Å². The highest BCUT2D eigenvalue weighted by molar-refractivity contribution is 5.94. The van der Waals surface area contributed by atoms with Crippen LogP contribution in [0.5, 0.6) is 0 Å². The molecule has 0 bridgehead atoms. The summed E-state index contributed by atoms with van der Waals surface area (Å²) >= 11 is 0. The topological polar surface area (TPSA) is 43.8 Å². The molecule has 1 aliphatic heterocycles. The number of piperazine rings is 1. The Bertz CT molecular complexity index is 400. The average molecular weight is 276 g/mol. The van der Waals surface area contributed by atoms with Crippen LogP contribution in [-0.4, -0.2) is 60.1 Å². The molecule has 20 heavy (non-hydrogen) atoms. The molecule has 1 amide bonds. The van der Waals surface area contributed by atoms with E-state index in [0.717, 1.165) is 57.5 Å². The van der Waals surface area contributed by atoms with Gasteiger partial charge in [0.1, 0.15) is 0 Å². The lowest BCUT2D eigenvalue weighted by atomic mass is 10.1. The number of aliphatic hydroxyl groups excluding tert-OH is 1. The minimum atomic E-state index is 0.144. The van der Waals surface area contributed by atoms with E-state index in [-0.39, 0.29) is 5.91 Å². The van der Waals surface area contributed by atoms with E-state index in [9.17, 15) is 4.79 Å². The van der Waals surface area contributed by atoms with Crippen LogP contribution in [0, 0.1) is 0 Å². The molecule has 0 aliphatic carbocycles. The summed E-state index contributed by atoms with van der Waals surface area (Å²) in [5.74, 6) is 0.144. The molecule has 1 saturated heterocycles. The standard InChI is InChI=1S/C16H24N2O2/c19-14-6-2-5-9-17-10-12-18(13-11-17)16(20)15-7-3-1-4-8-15/h1,3-4,7-8,19H,2,5-6,9-14H2. The Kier molecular flexibility index (Phi) is 6.02. The molecule has 1 aliphatic rings. The molecular formula is C16H24N2O2. The molecule has 110 valence electrons. The summed E-state index contributed by atoms with van der Waals surface area (Å²) in [6, 6.07) is 9.50. The van der Waals surface area contributed by atoms with Crippen molar-refractivity contribution in [3.8, 4) is 0 Å². The molecule has 0 unspecified atom stereocenters. The molecule has 0 saturated carbocycles. The number of rotatable bonds is 6. The van der Waals surface area contributed by atoms with E-state index >= 15 is 0 Å². The van der Waals surface area contributed by atoms with E-state index in [2.05, 4.69) is 4.90 Å². The normalized spacial score (nSPS) is 16.4. The van der Waals surface area contributed by atoms with Gasteiger partial charge in [0.05, 0.1) is 0 Å². The van der Waals surface area contributed by atoms with Crippen LogP contribution in [0.3, 0.4) is 0 Å². The van der Waals surface area contributed by atoms with Crippen LogP contribution in [0.2, 0.25) is 0 Å². The fraction of sp³-hybridized carbons (Fsp3) is 0.562. The molecule has 1 aromatic carbocycles. The zero-order chi connectivity index (χ0) is 14.2. The Labute approximate surface area is 121 Å². The lowest BCUT2D eigenvalue weighted by Gasteiger charge is -2.34. The smallest absolute Gasteiger partial charge is 0.253 e. The van der Waals surface area contributed by atoms with Gasteiger partial charge in [-0.3, -0.25) is 9.69 Å². The number of carbonyl (C=O) groups excluding carboxylic acids is 1. The summed E-state index contributed by atoms with van der Waals surface area (Å²) in [6.45, 7) is 4.91. The van der Waals surface area contributed by atoms with Gasteiger partial charge in [-0.15, -0.1) is 0 Å². The summed E-state index contributed by atoms with van der Waals surface area (Å²) in [5, 5.41) is 8.75. The number of nitrogens with zero attached hydrogens (tertiary/aromatic N) is 2. The largest absolute Gasteiger partial charge is 0.396 e. The first-order chi connectivity index (χ1) is 9.81. The third-order valence-corrected chi connectivity index (χ3v) is 3.81. The van der Waals surface area contributed by atoms with Gasteiger partial charge in [-0.2, -0.15) is 0 Å². The molecule has 0 spiro atoms. The molecule has 1 N–H and O–H groups in total. The Morgan fingerprint density at radius 1 is 1.00 bits per heavy atom. The van der Waals surface area contributed by atoms with Crippen molar-refractivity contribution in [3.05, 3.63) is 35.9 Å². The molecule has 1 heterocycles. The van der Waals surface area contributed by atoms with Crippen molar-refractivity contribution in [2.75, 3.05) is 39.3 Å². The monoisotopic (exact) mass is 276 g/mol. The quantitative estimate of drug-likeness (QED) is 0.803. The first-order valence-corrected chi connectivity index (χ1v) is 7.49. The third kappa shape index (κ3) is 4.32. The van der Waals surface area contributed by atoms with E-state index in [1.165, 1.54) is 0 Å². The maximum Gasteiger partial charge on any atom is 0.253 e. The molecule has 0 aromatic heterocycles. The van der Waals surface area contributed by atoms with Crippen LogP contribution in [0.4, 0.5) is 0 Å². The van der Waals surface area contributed by atoms with E-state index in [4.69, 9.17) is 5.11 Å². The minimum absolute atomic E-state index is 0.144. The fourth-order valence-electron chi connectivity index (χ4n) is 2.56. The highest BCUT2D eigenvalue weighted by atomic mass is 16.2. The Hall–Kier alpha value is -1.39. The first-order valence-electron chi connectivity index (χ1n) is 7.49. The maximum absolute atomic E-state index is 12.3. The number of carbonyl (C=O) groups is 1. The second kappa shape index (κ2) is 8.02. The van der Waals surface area contributed by atoms with Gasteiger partial charge in [-0.05, 0) is 37.9 Å². The number of hydrogen-bond acceptors (Lipinski definition) is 3. The second-order valence-electron chi connectivity index (χ2n) is 5.28. The predicted octanol–water partition coefficient (Wildman–Crippen LogP) is 1.61. The molecule has 0 atom stereocenters. The maximum atomic E-state index is 12.3. The van der Waals surface area contributed by atoms with Crippen LogP contribution in [0.15, 0.2) is 30.3 Å². The van der Waals surface area contributed by atoms with Gasteiger partial charge < -0.3 is 10.0 Å². The number of hydrogen-bond donors (Lipinski definition) is 1. The van der Waals surface area contributed by atoms with Gasteiger partial charge in [0, 0.05) is 38.3 Å². The van der Waals surface area contributed by atoms with Gasteiger partial charge in [0.25, 0.3) is 5.91 Å². The molecule has 1 aromatic rings. The predicted molar refractivity (Wildman–Crippen MR) is 79.7 cm³/mol. The van der Waals surface area contributed by atoms with E-state index in [0.29, 0.717) is 6.61 Å². The summed E-state index contributed by atoms with van der Waals surface area (Å²) in [6.07, 6.45) is 3.11. The lowest BCUT2D eigenvalue weighted by molar-refractivity contribution is 0.0634. The Morgan fingerprint density at radius 2 is 1.70 bits per heavy atom. The molecule has 0 radical (unpaired) electrons. The SMILES string of the molecule is O=C(c1ccccc1)N1CCN(CCCCCO)CC1. The van der Waals surface area contributed by atoms with Gasteiger partial charge in [0.2, 0.25) is 0 Å². The number of benzene rings is 1. The van der Waals surface area contributed by atoms with Crippen LogP contribution in [0.1, 0.15) is 29.6 Å². The zero-order valence-electron chi connectivity index (χ0n) is 12.0. The third-order valence-electron chi connectivity index (χ3n) is 3.81. The number of amides is 1. The van der Waals surface area contributed by atoms with Crippen LogP contribution >= 0.6 is 0 Å². The summed E-state index contributed by atoms with van der Waals surface area (Å²) in [5.41, 5.74) is 0.781. The fourth-order valence-corrected chi connectivity index (χ4v) is 2.56. The van der Waals surface area contributed by atoms with Crippen molar-refractivity contribution < 1.29 is 9.90 Å². The highest BCUT2D eigenvalue weighted by Crippen LogP contribution is 2.09. The average Bonchev–Trinajstić information content (AvgIpc) is 2.52. The molecular weight excluding hydrogens is 252 g/mol. The van der Waals surface area contributed by atoms with Gasteiger partial charge in [0.15, 0.2) is 0 Å². The number of unbranched alkanes of at least 4 members (excludes halogenated alkanes) is 2. The minimum Gasteiger partial charge on any atom is -0.396 e. The van der Waals surface area contributed by atoms with Gasteiger partial charge >= 0.3 is 0 Å². The van der Waals surface area contributed by atoms with Crippen molar-refractivity contribution in [2.45, 2.75) is 19.3 Å². The highest BCUT2D eigenvalue weighted by Gasteiger charge is 2.21. The van der Waals surface area contributed by atoms with Crippen LogP contribution in [-0.2, 0) is 0 Å². The second-order valence-corrected chi connectivity index (χ2v) is 5.28. The molecule has 1 fully saturated rings.